The number of rotatable bonds is 3. The monoisotopic (exact) mass is 435 g/mol. The van der Waals surface area contributed by atoms with Gasteiger partial charge in [0.05, 0.1) is 5.52 Å². The standard InChI is InChI=1S/C24H22ClN3O3/c1-24(22(30)26-17-7-5-6-8-17)23(31)27-19-12-11-16(25)13-15(19)14-20(27)21(29)28(24)18-9-3-2-4-10-18/h2-4,9-14,17H,5-8H2,1H3,(H,26,30). The first-order valence-corrected chi connectivity index (χ1v) is 10.9. The van der Waals surface area contributed by atoms with Gasteiger partial charge in [0, 0.05) is 22.1 Å². The molecule has 1 atom stereocenters. The summed E-state index contributed by atoms with van der Waals surface area (Å²) >= 11 is 6.13. The Morgan fingerprint density at radius 3 is 2.48 bits per heavy atom. The molecule has 3 aromatic rings. The Kier molecular flexibility index (Phi) is 4.63. The number of carbonyl (C=O) groups excluding carboxylic acids is 3. The summed E-state index contributed by atoms with van der Waals surface area (Å²) in [5.41, 5.74) is -0.443. The Morgan fingerprint density at radius 1 is 1.06 bits per heavy atom. The number of halogens is 1. The molecule has 2 heterocycles. The number of hydrogen-bond acceptors (Lipinski definition) is 3. The molecule has 2 aliphatic rings. The number of para-hydroxylation sites is 1. The maximum atomic E-state index is 13.9. The lowest BCUT2D eigenvalue weighted by Gasteiger charge is -2.42. The van der Waals surface area contributed by atoms with Gasteiger partial charge < -0.3 is 5.32 Å². The van der Waals surface area contributed by atoms with E-state index in [2.05, 4.69) is 5.32 Å². The molecule has 2 aromatic carbocycles. The molecular formula is C24H22ClN3O3. The van der Waals surface area contributed by atoms with Crippen LogP contribution < -0.4 is 10.2 Å². The topological polar surface area (TPSA) is 71.4 Å². The van der Waals surface area contributed by atoms with Crippen molar-refractivity contribution >= 4 is 45.9 Å². The molecule has 1 fully saturated rings. The molecule has 0 saturated heterocycles. The molecule has 1 aromatic heterocycles. The number of hydrogen-bond donors (Lipinski definition) is 1. The van der Waals surface area contributed by atoms with Gasteiger partial charge in [-0.2, -0.15) is 0 Å². The van der Waals surface area contributed by atoms with Crippen LogP contribution in [0.25, 0.3) is 10.9 Å². The number of nitrogens with one attached hydrogen (secondary N) is 1. The van der Waals surface area contributed by atoms with Crippen LogP contribution in [0.4, 0.5) is 5.69 Å². The van der Waals surface area contributed by atoms with Gasteiger partial charge in [-0.05, 0) is 56.2 Å². The summed E-state index contributed by atoms with van der Waals surface area (Å²) in [5.74, 6) is -1.32. The van der Waals surface area contributed by atoms with Crippen LogP contribution in [0, 0.1) is 0 Å². The van der Waals surface area contributed by atoms with Crippen LogP contribution in [0.1, 0.15) is 47.9 Å². The number of fused-ring (bicyclic) bond motifs is 3. The van der Waals surface area contributed by atoms with Crippen molar-refractivity contribution in [3.8, 4) is 0 Å². The number of carbonyl (C=O) groups is 3. The zero-order chi connectivity index (χ0) is 21.8. The van der Waals surface area contributed by atoms with Gasteiger partial charge in [0.2, 0.25) is 5.54 Å². The predicted octanol–water partition coefficient (Wildman–Crippen LogP) is 4.41. The van der Waals surface area contributed by atoms with E-state index in [1.807, 2.05) is 6.07 Å². The number of anilines is 1. The molecule has 1 N–H and O–H groups in total. The molecule has 1 unspecified atom stereocenters. The lowest BCUT2D eigenvalue weighted by Crippen LogP contribution is -2.69. The highest BCUT2D eigenvalue weighted by Crippen LogP contribution is 2.36. The second kappa shape index (κ2) is 7.24. The van der Waals surface area contributed by atoms with Crippen molar-refractivity contribution in [2.45, 2.75) is 44.2 Å². The molecule has 5 rings (SSSR count). The lowest BCUT2D eigenvalue weighted by molar-refractivity contribution is -0.125. The second-order valence-corrected chi connectivity index (χ2v) is 8.81. The van der Waals surface area contributed by atoms with E-state index < -0.39 is 23.3 Å². The fraction of sp³-hybridized carbons (Fsp3) is 0.292. The van der Waals surface area contributed by atoms with E-state index in [-0.39, 0.29) is 11.7 Å². The summed E-state index contributed by atoms with van der Waals surface area (Å²) in [6.45, 7) is 1.54. The summed E-state index contributed by atoms with van der Waals surface area (Å²) in [7, 11) is 0. The van der Waals surface area contributed by atoms with Crippen LogP contribution in [-0.4, -0.2) is 33.9 Å². The van der Waals surface area contributed by atoms with Crippen molar-refractivity contribution in [2.24, 2.45) is 0 Å². The second-order valence-electron chi connectivity index (χ2n) is 8.38. The van der Waals surface area contributed by atoms with E-state index >= 15 is 0 Å². The zero-order valence-electron chi connectivity index (χ0n) is 17.1. The maximum Gasteiger partial charge on any atom is 0.276 e. The summed E-state index contributed by atoms with van der Waals surface area (Å²) in [6, 6.07) is 15.6. The van der Waals surface area contributed by atoms with Crippen molar-refractivity contribution in [1.82, 2.24) is 9.88 Å². The highest BCUT2D eigenvalue weighted by Gasteiger charge is 2.55. The highest BCUT2D eigenvalue weighted by atomic mass is 35.5. The highest BCUT2D eigenvalue weighted by molar-refractivity contribution is 6.32. The van der Waals surface area contributed by atoms with Gasteiger partial charge >= 0.3 is 0 Å². The first-order valence-electron chi connectivity index (χ1n) is 10.5. The third kappa shape index (κ3) is 2.97. The molecule has 2 amide bonds. The van der Waals surface area contributed by atoms with Gasteiger partial charge in [0.15, 0.2) is 0 Å². The average molecular weight is 436 g/mol. The van der Waals surface area contributed by atoms with Crippen LogP contribution in [0.2, 0.25) is 5.02 Å². The lowest BCUT2D eigenvalue weighted by atomic mass is 9.92. The summed E-state index contributed by atoms with van der Waals surface area (Å²) in [4.78, 5) is 42.5. The zero-order valence-corrected chi connectivity index (χ0v) is 17.9. The summed E-state index contributed by atoms with van der Waals surface area (Å²) in [6.07, 6.45) is 3.85. The Hall–Kier alpha value is -3.12. The van der Waals surface area contributed by atoms with Gasteiger partial charge in [-0.15, -0.1) is 0 Å². The van der Waals surface area contributed by atoms with Gasteiger partial charge in [-0.3, -0.25) is 23.9 Å². The fourth-order valence-corrected chi connectivity index (χ4v) is 4.92. The van der Waals surface area contributed by atoms with Crippen molar-refractivity contribution in [2.75, 3.05) is 4.90 Å². The van der Waals surface area contributed by atoms with Crippen LogP contribution in [0.5, 0.6) is 0 Å². The fourth-order valence-electron chi connectivity index (χ4n) is 4.74. The van der Waals surface area contributed by atoms with Crippen LogP contribution in [-0.2, 0) is 4.79 Å². The van der Waals surface area contributed by atoms with E-state index in [1.165, 1.54) is 16.4 Å². The Morgan fingerprint density at radius 2 is 1.77 bits per heavy atom. The average Bonchev–Trinajstić information content (AvgIpc) is 3.40. The predicted molar refractivity (Wildman–Crippen MR) is 120 cm³/mol. The van der Waals surface area contributed by atoms with E-state index in [1.54, 1.807) is 48.5 Å². The van der Waals surface area contributed by atoms with E-state index in [0.29, 0.717) is 21.6 Å². The summed E-state index contributed by atoms with van der Waals surface area (Å²) < 4.78 is 1.36. The molecule has 0 spiro atoms. The van der Waals surface area contributed by atoms with Crippen LogP contribution in [0.3, 0.4) is 0 Å². The largest absolute Gasteiger partial charge is 0.351 e. The maximum absolute atomic E-state index is 13.9. The smallest absolute Gasteiger partial charge is 0.276 e. The Labute approximate surface area is 184 Å². The molecule has 0 bridgehead atoms. The van der Waals surface area contributed by atoms with Crippen molar-refractivity contribution in [3.05, 3.63) is 65.3 Å². The third-order valence-electron chi connectivity index (χ3n) is 6.40. The minimum absolute atomic E-state index is 0.0199. The molecule has 31 heavy (non-hydrogen) atoms. The molecule has 1 saturated carbocycles. The number of nitrogens with zero attached hydrogens (tertiary/aromatic N) is 2. The first kappa shape index (κ1) is 19.8. The molecular weight excluding hydrogens is 414 g/mol. The number of benzene rings is 2. The number of amides is 2. The van der Waals surface area contributed by atoms with E-state index in [9.17, 15) is 14.4 Å². The third-order valence-corrected chi connectivity index (χ3v) is 6.63. The Balaban J connectivity index is 1.70. The number of aromatic nitrogens is 1. The molecule has 6 nitrogen and oxygen atoms in total. The molecule has 0 radical (unpaired) electrons. The van der Waals surface area contributed by atoms with Gasteiger partial charge in [-0.25, -0.2) is 0 Å². The van der Waals surface area contributed by atoms with Crippen molar-refractivity contribution in [3.63, 3.8) is 0 Å². The van der Waals surface area contributed by atoms with E-state index in [4.69, 9.17) is 11.6 Å². The van der Waals surface area contributed by atoms with Gasteiger partial charge in [-0.1, -0.05) is 42.6 Å². The van der Waals surface area contributed by atoms with Crippen LogP contribution >= 0.6 is 11.6 Å². The normalized spacial score (nSPS) is 21.5. The molecule has 158 valence electrons. The minimum atomic E-state index is -1.72. The minimum Gasteiger partial charge on any atom is -0.351 e. The molecule has 1 aliphatic heterocycles. The summed E-state index contributed by atoms with van der Waals surface area (Å²) in [5, 5.41) is 4.22. The quantitative estimate of drug-likeness (QED) is 0.619. The van der Waals surface area contributed by atoms with Crippen LogP contribution in [0.15, 0.2) is 54.6 Å². The molecule has 7 heteroatoms. The first-order chi connectivity index (χ1) is 14.9. The van der Waals surface area contributed by atoms with Gasteiger partial charge in [0.1, 0.15) is 5.69 Å². The van der Waals surface area contributed by atoms with Crippen molar-refractivity contribution < 1.29 is 14.4 Å². The SMILES string of the molecule is CC1(C(=O)NC2CCCC2)C(=O)n2c(cc3cc(Cl)ccc32)C(=O)N1c1ccccc1. The van der Waals surface area contributed by atoms with E-state index in [0.717, 1.165) is 25.7 Å². The van der Waals surface area contributed by atoms with Crippen molar-refractivity contribution in [1.29, 1.82) is 0 Å². The molecule has 1 aliphatic carbocycles. The Bertz CT molecular complexity index is 1210. The van der Waals surface area contributed by atoms with Gasteiger partial charge in [0.25, 0.3) is 17.7 Å².